The van der Waals surface area contributed by atoms with Gasteiger partial charge in [0, 0.05) is 22.2 Å². The summed E-state index contributed by atoms with van der Waals surface area (Å²) in [6.45, 7) is 0. The van der Waals surface area contributed by atoms with Gasteiger partial charge >= 0.3 is 0 Å². The van der Waals surface area contributed by atoms with Gasteiger partial charge in [-0.25, -0.2) is 4.98 Å². The van der Waals surface area contributed by atoms with Crippen LogP contribution < -0.4 is 10.6 Å². The summed E-state index contributed by atoms with van der Waals surface area (Å²) in [6, 6.07) is 8.91. The number of amides is 1. The molecule has 0 aliphatic rings. The number of hydrogen-bond acceptors (Lipinski definition) is 3. The highest BCUT2D eigenvalue weighted by atomic mass is 79.9. The summed E-state index contributed by atoms with van der Waals surface area (Å²) in [5.41, 5.74) is 7.44. The van der Waals surface area contributed by atoms with Crippen molar-refractivity contribution in [2.75, 3.05) is 17.7 Å². The van der Waals surface area contributed by atoms with E-state index >= 15 is 0 Å². The highest BCUT2D eigenvalue weighted by molar-refractivity contribution is 9.10. The van der Waals surface area contributed by atoms with Crippen molar-refractivity contribution in [3.63, 3.8) is 0 Å². The number of hydrogen-bond donors (Lipinski definition) is 1. The zero-order chi connectivity index (χ0) is 14.0. The minimum Gasteiger partial charge on any atom is -0.397 e. The maximum atomic E-state index is 12.4. The van der Waals surface area contributed by atoms with E-state index < -0.39 is 0 Å². The van der Waals surface area contributed by atoms with Crippen LogP contribution in [0.2, 0.25) is 0 Å². The molecule has 19 heavy (non-hydrogen) atoms. The molecule has 0 aliphatic heterocycles. The molecule has 0 atom stereocenters. The third-order valence-electron chi connectivity index (χ3n) is 2.62. The van der Waals surface area contributed by atoms with Crippen LogP contribution in [0.5, 0.6) is 0 Å². The maximum absolute atomic E-state index is 12.4. The van der Waals surface area contributed by atoms with E-state index in [0.717, 1.165) is 4.47 Å². The molecule has 0 unspecified atom stereocenters. The number of nitrogens with zero attached hydrogens (tertiary/aromatic N) is 2. The first-order valence-corrected chi connectivity index (χ1v) is 7.03. The van der Waals surface area contributed by atoms with Gasteiger partial charge < -0.3 is 10.6 Å². The fraction of sp³-hybridized carbons (Fsp3) is 0.0769. The number of pyridine rings is 1. The zero-order valence-electron chi connectivity index (χ0n) is 10.1. The number of carbonyl (C=O) groups is 1. The number of aromatic nitrogens is 1. The van der Waals surface area contributed by atoms with E-state index in [-0.39, 0.29) is 5.91 Å². The minimum atomic E-state index is -0.221. The van der Waals surface area contributed by atoms with Crippen LogP contribution in [0.25, 0.3) is 0 Å². The number of halogens is 2. The molecule has 0 saturated carbocycles. The van der Waals surface area contributed by atoms with Gasteiger partial charge in [-0.15, -0.1) is 0 Å². The van der Waals surface area contributed by atoms with Gasteiger partial charge in [0.25, 0.3) is 5.91 Å². The molecular formula is C13H11Br2N3O. The normalized spacial score (nSPS) is 10.3. The van der Waals surface area contributed by atoms with Gasteiger partial charge in [0.2, 0.25) is 0 Å². The van der Waals surface area contributed by atoms with Crippen molar-refractivity contribution in [2.24, 2.45) is 0 Å². The molecule has 1 aromatic carbocycles. The molecule has 0 saturated heterocycles. The molecular weight excluding hydrogens is 374 g/mol. The van der Waals surface area contributed by atoms with Crippen molar-refractivity contribution in [3.8, 4) is 0 Å². The van der Waals surface area contributed by atoms with Crippen LogP contribution in [0.4, 0.5) is 11.4 Å². The molecule has 0 aliphatic carbocycles. The maximum Gasteiger partial charge on any atom is 0.277 e. The fourth-order valence-electron chi connectivity index (χ4n) is 1.64. The van der Waals surface area contributed by atoms with Crippen LogP contribution in [0, 0.1) is 0 Å². The van der Waals surface area contributed by atoms with Gasteiger partial charge in [0.05, 0.1) is 11.4 Å². The minimum absolute atomic E-state index is 0.221. The Morgan fingerprint density at radius 1 is 1.32 bits per heavy atom. The topological polar surface area (TPSA) is 59.2 Å². The Labute approximate surface area is 127 Å². The van der Waals surface area contributed by atoms with E-state index in [0.29, 0.717) is 21.5 Å². The standard InChI is InChI=1S/C13H11Br2N3O/c1-18(11-5-4-8(14)7-10(11)16)13(19)12-9(15)3-2-6-17-12/h2-7H,16H2,1H3. The van der Waals surface area contributed by atoms with Crippen LogP contribution in [0.1, 0.15) is 10.5 Å². The van der Waals surface area contributed by atoms with E-state index in [1.54, 1.807) is 37.5 Å². The molecule has 1 aromatic heterocycles. The molecule has 4 nitrogen and oxygen atoms in total. The summed E-state index contributed by atoms with van der Waals surface area (Å²) in [5.74, 6) is -0.221. The second kappa shape index (κ2) is 5.71. The number of anilines is 2. The Morgan fingerprint density at radius 2 is 2.05 bits per heavy atom. The summed E-state index contributed by atoms with van der Waals surface area (Å²) in [7, 11) is 1.67. The molecule has 0 bridgehead atoms. The second-order valence-corrected chi connectivity index (χ2v) is 5.67. The molecule has 1 heterocycles. The number of rotatable bonds is 2. The summed E-state index contributed by atoms with van der Waals surface area (Å²) in [4.78, 5) is 17.9. The Balaban J connectivity index is 2.37. The Kier molecular flexibility index (Phi) is 4.21. The van der Waals surface area contributed by atoms with E-state index in [4.69, 9.17) is 5.73 Å². The Bertz CT molecular complexity index is 631. The van der Waals surface area contributed by atoms with E-state index in [2.05, 4.69) is 36.8 Å². The van der Waals surface area contributed by atoms with Gasteiger partial charge in [-0.3, -0.25) is 4.79 Å². The van der Waals surface area contributed by atoms with Crippen molar-refractivity contribution >= 4 is 49.1 Å². The molecule has 2 rings (SSSR count). The van der Waals surface area contributed by atoms with Crippen LogP contribution in [-0.2, 0) is 0 Å². The second-order valence-electron chi connectivity index (χ2n) is 3.90. The van der Waals surface area contributed by atoms with Gasteiger partial charge in [0.15, 0.2) is 0 Å². The summed E-state index contributed by atoms with van der Waals surface area (Å²) in [5, 5.41) is 0. The van der Waals surface area contributed by atoms with Gasteiger partial charge in [-0.1, -0.05) is 15.9 Å². The van der Waals surface area contributed by atoms with Crippen molar-refractivity contribution in [3.05, 3.63) is 51.2 Å². The molecule has 2 aromatic rings. The van der Waals surface area contributed by atoms with E-state index in [9.17, 15) is 4.79 Å². The van der Waals surface area contributed by atoms with Crippen molar-refractivity contribution < 1.29 is 4.79 Å². The SMILES string of the molecule is CN(C(=O)c1ncccc1Br)c1ccc(Br)cc1N. The predicted octanol–water partition coefficient (Wildman–Crippen LogP) is 3.47. The lowest BCUT2D eigenvalue weighted by Crippen LogP contribution is -2.28. The highest BCUT2D eigenvalue weighted by Crippen LogP contribution is 2.27. The first-order valence-electron chi connectivity index (χ1n) is 5.44. The van der Waals surface area contributed by atoms with Crippen molar-refractivity contribution in [1.82, 2.24) is 4.98 Å². The quantitative estimate of drug-likeness (QED) is 0.806. The van der Waals surface area contributed by atoms with E-state index in [1.807, 2.05) is 6.07 Å². The van der Waals surface area contributed by atoms with E-state index in [1.165, 1.54) is 4.90 Å². The molecule has 6 heteroatoms. The molecule has 0 fully saturated rings. The molecule has 0 radical (unpaired) electrons. The highest BCUT2D eigenvalue weighted by Gasteiger charge is 2.19. The first-order chi connectivity index (χ1) is 9.00. The predicted molar refractivity (Wildman–Crippen MR) is 83.2 cm³/mol. The Morgan fingerprint density at radius 3 is 2.68 bits per heavy atom. The fourth-order valence-corrected chi connectivity index (χ4v) is 2.45. The molecule has 98 valence electrons. The average molecular weight is 385 g/mol. The molecule has 2 N–H and O–H groups in total. The monoisotopic (exact) mass is 383 g/mol. The zero-order valence-corrected chi connectivity index (χ0v) is 13.3. The summed E-state index contributed by atoms with van der Waals surface area (Å²) >= 11 is 6.65. The van der Waals surface area contributed by atoms with Gasteiger partial charge in [-0.2, -0.15) is 0 Å². The third kappa shape index (κ3) is 2.96. The number of nitrogen functional groups attached to an aromatic ring is 1. The van der Waals surface area contributed by atoms with Crippen LogP contribution >= 0.6 is 31.9 Å². The Hall–Kier alpha value is -1.40. The van der Waals surface area contributed by atoms with Crippen LogP contribution in [0.15, 0.2) is 45.5 Å². The first kappa shape index (κ1) is 14.0. The van der Waals surface area contributed by atoms with Gasteiger partial charge in [-0.05, 0) is 46.3 Å². The van der Waals surface area contributed by atoms with Crippen molar-refractivity contribution in [2.45, 2.75) is 0 Å². The lowest BCUT2D eigenvalue weighted by molar-refractivity contribution is 0.0987. The van der Waals surface area contributed by atoms with Gasteiger partial charge in [0.1, 0.15) is 5.69 Å². The van der Waals surface area contributed by atoms with Crippen LogP contribution in [-0.4, -0.2) is 17.9 Å². The molecule has 1 amide bonds. The largest absolute Gasteiger partial charge is 0.397 e. The number of carbonyl (C=O) groups excluding carboxylic acids is 1. The molecule has 0 spiro atoms. The lowest BCUT2D eigenvalue weighted by atomic mass is 10.2. The average Bonchev–Trinajstić information content (AvgIpc) is 2.38. The summed E-state index contributed by atoms with van der Waals surface area (Å²) in [6.07, 6.45) is 1.58. The lowest BCUT2D eigenvalue weighted by Gasteiger charge is -2.19. The number of benzene rings is 1. The smallest absolute Gasteiger partial charge is 0.277 e. The summed E-state index contributed by atoms with van der Waals surface area (Å²) < 4.78 is 1.52. The third-order valence-corrected chi connectivity index (χ3v) is 3.75. The van der Waals surface area contributed by atoms with Crippen LogP contribution in [0.3, 0.4) is 0 Å². The number of nitrogens with two attached hydrogens (primary N) is 1. The van der Waals surface area contributed by atoms with Crippen molar-refractivity contribution in [1.29, 1.82) is 0 Å².